The molecule has 3 atom stereocenters. The van der Waals surface area contributed by atoms with Crippen molar-refractivity contribution in [3.63, 3.8) is 0 Å². The minimum atomic E-state index is 0.458. The molecule has 3 heterocycles. The van der Waals surface area contributed by atoms with E-state index in [-0.39, 0.29) is 0 Å². The molecule has 0 saturated carbocycles. The number of halogens is 1. The number of nitrogens with one attached hydrogen (secondary N) is 1. The second kappa shape index (κ2) is 6.95. The molecule has 2 fully saturated rings. The molecule has 0 spiro atoms. The summed E-state index contributed by atoms with van der Waals surface area (Å²) in [5, 5.41) is 4.22. The number of ether oxygens (including phenoxy) is 1. The molecule has 0 amide bonds. The van der Waals surface area contributed by atoms with E-state index in [0.717, 1.165) is 38.5 Å². The summed E-state index contributed by atoms with van der Waals surface area (Å²) in [6.45, 7) is 6.62. The maximum absolute atomic E-state index is 5.87. The molecule has 0 unspecified atom stereocenters. The second-order valence-electron chi connectivity index (χ2n) is 6.27. The fraction of sp³-hybridized carbons (Fsp3) is 0.688. The third-order valence-corrected chi connectivity index (χ3v) is 4.76. The van der Waals surface area contributed by atoms with E-state index >= 15 is 0 Å². The first-order chi connectivity index (χ1) is 10.2. The van der Waals surface area contributed by atoms with E-state index in [1.165, 1.54) is 12.8 Å². The van der Waals surface area contributed by atoms with Gasteiger partial charge in [-0.2, -0.15) is 0 Å². The van der Waals surface area contributed by atoms with Gasteiger partial charge in [-0.15, -0.1) is 0 Å². The van der Waals surface area contributed by atoms with E-state index in [1.54, 1.807) is 6.20 Å². The number of pyridine rings is 1. The minimum Gasteiger partial charge on any atom is -0.377 e. The van der Waals surface area contributed by atoms with Crippen LogP contribution in [0.1, 0.15) is 26.2 Å². The van der Waals surface area contributed by atoms with Gasteiger partial charge in [0, 0.05) is 38.5 Å². The highest BCUT2D eigenvalue weighted by atomic mass is 35.5. The number of anilines is 1. The van der Waals surface area contributed by atoms with Gasteiger partial charge in [-0.05, 0) is 37.3 Å². The van der Waals surface area contributed by atoms with Crippen molar-refractivity contribution in [1.29, 1.82) is 0 Å². The number of likely N-dealkylation sites (tertiary alicyclic amines) is 1. The molecule has 21 heavy (non-hydrogen) atoms. The number of hydrogen-bond acceptors (Lipinski definition) is 4. The van der Waals surface area contributed by atoms with Gasteiger partial charge in [0.2, 0.25) is 0 Å². The summed E-state index contributed by atoms with van der Waals surface area (Å²) in [6.07, 6.45) is 5.75. The van der Waals surface area contributed by atoms with Crippen LogP contribution in [0, 0.1) is 5.92 Å². The third-order valence-electron chi connectivity index (χ3n) is 4.54. The Hall–Kier alpha value is -0.840. The van der Waals surface area contributed by atoms with Gasteiger partial charge in [-0.1, -0.05) is 18.5 Å². The van der Waals surface area contributed by atoms with Crippen LogP contribution in [0.3, 0.4) is 0 Å². The van der Waals surface area contributed by atoms with Crippen LogP contribution in [0.2, 0.25) is 5.02 Å². The summed E-state index contributed by atoms with van der Waals surface area (Å²) in [5.74, 6) is 1.53. The molecule has 0 bridgehead atoms. The molecular formula is C16H24ClN3O. The van der Waals surface area contributed by atoms with Crippen LogP contribution in [0.15, 0.2) is 18.3 Å². The van der Waals surface area contributed by atoms with Crippen LogP contribution in [0.5, 0.6) is 0 Å². The van der Waals surface area contributed by atoms with E-state index < -0.39 is 0 Å². The molecule has 0 aliphatic carbocycles. The van der Waals surface area contributed by atoms with Crippen molar-refractivity contribution in [3.8, 4) is 0 Å². The van der Waals surface area contributed by atoms with Gasteiger partial charge < -0.3 is 15.0 Å². The number of hydrogen-bond donors (Lipinski definition) is 1. The highest BCUT2D eigenvalue weighted by Crippen LogP contribution is 2.23. The number of rotatable bonds is 4. The normalized spacial score (nSPS) is 30.5. The van der Waals surface area contributed by atoms with Crippen molar-refractivity contribution >= 4 is 17.4 Å². The van der Waals surface area contributed by atoms with Crippen LogP contribution in [0.25, 0.3) is 0 Å². The number of piperidine rings is 1. The first kappa shape index (κ1) is 15.1. The Labute approximate surface area is 131 Å². The van der Waals surface area contributed by atoms with Gasteiger partial charge in [0.1, 0.15) is 5.82 Å². The fourth-order valence-corrected chi connectivity index (χ4v) is 3.45. The summed E-state index contributed by atoms with van der Waals surface area (Å²) in [7, 11) is 0. The largest absolute Gasteiger partial charge is 0.377 e. The van der Waals surface area contributed by atoms with Crippen LogP contribution in [0.4, 0.5) is 5.82 Å². The zero-order chi connectivity index (χ0) is 14.7. The monoisotopic (exact) mass is 309 g/mol. The van der Waals surface area contributed by atoms with Crippen molar-refractivity contribution < 1.29 is 4.74 Å². The molecule has 1 aromatic heterocycles. The van der Waals surface area contributed by atoms with Gasteiger partial charge in [0.15, 0.2) is 0 Å². The summed E-state index contributed by atoms with van der Waals surface area (Å²) < 4.78 is 5.74. The van der Waals surface area contributed by atoms with Crippen molar-refractivity contribution in [1.82, 2.24) is 9.88 Å². The Morgan fingerprint density at radius 2 is 2.33 bits per heavy atom. The first-order valence-corrected chi connectivity index (χ1v) is 8.30. The quantitative estimate of drug-likeness (QED) is 0.927. The molecule has 2 aliphatic rings. The maximum Gasteiger partial charge on any atom is 0.126 e. The number of aromatic nitrogens is 1. The lowest BCUT2D eigenvalue weighted by molar-refractivity contribution is 0.0562. The predicted molar refractivity (Wildman–Crippen MR) is 85.9 cm³/mol. The molecule has 2 aliphatic heterocycles. The first-order valence-electron chi connectivity index (χ1n) is 7.93. The molecule has 0 aromatic carbocycles. The van der Waals surface area contributed by atoms with Crippen LogP contribution >= 0.6 is 11.6 Å². The lowest BCUT2D eigenvalue weighted by Gasteiger charge is -2.38. The van der Waals surface area contributed by atoms with E-state index in [4.69, 9.17) is 16.3 Å². The van der Waals surface area contributed by atoms with Gasteiger partial charge >= 0.3 is 0 Å². The Balaban J connectivity index is 1.49. The minimum absolute atomic E-state index is 0.458. The summed E-state index contributed by atoms with van der Waals surface area (Å²) in [5.41, 5.74) is 0. The maximum atomic E-state index is 5.87. The van der Waals surface area contributed by atoms with Gasteiger partial charge in [-0.25, -0.2) is 4.98 Å². The van der Waals surface area contributed by atoms with Gasteiger partial charge in [0.05, 0.1) is 11.1 Å². The fourth-order valence-electron chi connectivity index (χ4n) is 3.34. The Bertz CT molecular complexity index is 447. The average Bonchev–Trinajstić information content (AvgIpc) is 2.97. The molecule has 4 nitrogen and oxygen atoms in total. The predicted octanol–water partition coefficient (Wildman–Crippen LogP) is 3.04. The molecule has 116 valence electrons. The third kappa shape index (κ3) is 4.09. The van der Waals surface area contributed by atoms with Crippen molar-refractivity contribution in [2.75, 3.05) is 31.6 Å². The molecule has 1 aromatic rings. The highest BCUT2D eigenvalue weighted by molar-refractivity contribution is 6.30. The lowest BCUT2D eigenvalue weighted by atomic mass is 9.93. The number of nitrogens with zero attached hydrogens (tertiary/aromatic N) is 2. The van der Waals surface area contributed by atoms with E-state index in [1.807, 2.05) is 12.1 Å². The Kier molecular flexibility index (Phi) is 4.99. The van der Waals surface area contributed by atoms with E-state index in [2.05, 4.69) is 22.1 Å². The van der Waals surface area contributed by atoms with Crippen LogP contribution < -0.4 is 5.32 Å². The molecule has 3 rings (SSSR count). The van der Waals surface area contributed by atoms with Crippen molar-refractivity contribution in [2.24, 2.45) is 5.92 Å². The summed E-state index contributed by atoms with van der Waals surface area (Å²) in [4.78, 5) is 6.88. The molecular weight excluding hydrogens is 286 g/mol. The smallest absolute Gasteiger partial charge is 0.126 e. The second-order valence-corrected chi connectivity index (χ2v) is 6.71. The zero-order valence-corrected chi connectivity index (χ0v) is 13.4. The topological polar surface area (TPSA) is 37.4 Å². The van der Waals surface area contributed by atoms with E-state index in [0.29, 0.717) is 23.1 Å². The molecule has 1 N–H and O–H groups in total. The lowest BCUT2D eigenvalue weighted by Crippen LogP contribution is -2.47. The Morgan fingerprint density at radius 1 is 1.43 bits per heavy atom. The SMILES string of the molecule is C[C@@H]1CN(C[C@H]2CCCO2)CC[C@@H]1Nc1ccc(Cl)cn1. The standard InChI is InChI=1S/C16H24ClN3O/c1-12-10-20(11-14-3-2-8-21-14)7-6-15(12)19-16-5-4-13(17)9-18-16/h4-5,9,12,14-15H,2-3,6-8,10-11H2,1H3,(H,18,19)/t12-,14-,15+/m1/s1. The average molecular weight is 310 g/mol. The van der Waals surface area contributed by atoms with E-state index in [9.17, 15) is 0 Å². The van der Waals surface area contributed by atoms with Gasteiger partial charge in [0.25, 0.3) is 0 Å². The highest BCUT2D eigenvalue weighted by Gasteiger charge is 2.28. The molecule has 0 radical (unpaired) electrons. The van der Waals surface area contributed by atoms with Crippen molar-refractivity contribution in [3.05, 3.63) is 23.4 Å². The molecule has 2 saturated heterocycles. The molecule has 5 heteroatoms. The van der Waals surface area contributed by atoms with Crippen LogP contribution in [-0.2, 0) is 4.74 Å². The van der Waals surface area contributed by atoms with Crippen molar-refractivity contribution in [2.45, 2.75) is 38.3 Å². The zero-order valence-electron chi connectivity index (χ0n) is 12.6. The van der Waals surface area contributed by atoms with Gasteiger partial charge in [-0.3, -0.25) is 0 Å². The van der Waals surface area contributed by atoms with Crippen LogP contribution in [-0.4, -0.2) is 48.3 Å². The summed E-state index contributed by atoms with van der Waals surface area (Å²) in [6, 6.07) is 4.32. The summed E-state index contributed by atoms with van der Waals surface area (Å²) >= 11 is 5.87. The Morgan fingerprint density at radius 3 is 3.00 bits per heavy atom.